The van der Waals surface area contributed by atoms with E-state index in [1.54, 1.807) is 0 Å². The predicted molar refractivity (Wildman–Crippen MR) is 116 cm³/mol. The minimum absolute atomic E-state index is 0. The van der Waals surface area contributed by atoms with E-state index in [0.29, 0.717) is 0 Å². The van der Waals surface area contributed by atoms with Gasteiger partial charge in [-0.05, 0) is 31.0 Å². The second-order valence-electron chi connectivity index (χ2n) is 7.53. The first-order valence-electron chi connectivity index (χ1n) is 8.93. The molecule has 1 aromatic heterocycles. The number of rotatable bonds is 3. The predicted octanol–water partition coefficient (Wildman–Crippen LogP) is 5.28. The van der Waals surface area contributed by atoms with Gasteiger partial charge in [0.2, 0.25) is 0 Å². The Balaban J connectivity index is 0.000000425. The molecule has 0 saturated heterocycles. The number of nitrogens with zero attached hydrogens (tertiary/aromatic N) is 1. The van der Waals surface area contributed by atoms with Crippen molar-refractivity contribution >= 4 is 29.9 Å². The van der Waals surface area contributed by atoms with E-state index in [0.717, 1.165) is 16.8 Å². The summed E-state index contributed by atoms with van der Waals surface area (Å²) in [6, 6.07) is 22.1. The Bertz CT molecular complexity index is 959. The van der Waals surface area contributed by atoms with Crippen LogP contribution in [-0.4, -0.2) is 23.9 Å². The summed E-state index contributed by atoms with van der Waals surface area (Å²) in [5.41, 5.74) is 3.09. The fourth-order valence-corrected chi connectivity index (χ4v) is 3.76. The maximum absolute atomic E-state index is 10.0. The van der Waals surface area contributed by atoms with Gasteiger partial charge in [-0.3, -0.25) is 9.78 Å². The summed E-state index contributed by atoms with van der Waals surface area (Å²) in [5.74, 6) is -0.0625. The third-order valence-electron chi connectivity index (χ3n) is 3.95. The number of aliphatic hydroxyl groups excluding tert-OH is 1. The van der Waals surface area contributed by atoms with Crippen molar-refractivity contribution in [1.82, 2.24) is 4.98 Å². The summed E-state index contributed by atoms with van der Waals surface area (Å²) in [6.45, 7) is 9.96. The molecule has 28 heavy (non-hydrogen) atoms. The van der Waals surface area contributed by atoms with E-state index in [1.165, 1.54) is 30.5 Å². The molecule has 1 radical (unpaired) electrons. The summed E-state index contributed by atoms with van der Waals surface area (Å²) in [7, 11) is -1.26. The van der Waals surface area contributed by atoms with E-state index in [4.69, 9.17) is 10.1 Å². The number of pyridine rings is 1. The zero-order valence-electron chi connectivity index (χ0n) is 16.9. The van der Waals surface area contributed by atoms with Crippen molar-refractivity contribution in [2.24, 2.45) is 0 Å². The van der Waals surface area contributed by atoms with Crippen molar-refractivity contribution in [1.29, 1.82) is 0 Å². The van der Waals surface area contributed by atoms with Crippen LogP contribution in [0.25, 0.3) is 22.2 Å². The van der Waals surface area contributed by atoms with Gasteiger partial charge in [-0.1, -0.05) is 49.1 Å². The largest absolute Gasteiger partial charge is 0.512 e. The van der Waals surface area contributed by atoms with Crippen molar-refractivity contribution in [2.45, 2.75) is 33.5 Å². The van der Waals surface area contributed by atoms with Gasteiger partial charge in [0, 0.05) is 26.2 Å². The standard InChI is InChI=1S/C18H18NSi.C5H8O2.Ir/c1-20(2,3)16-10-12-18-15(13-16)9-11-17(19-18)14-7-5-4-6-8-14;1-4(6)3-5(2)7;/h4-7,9-13H,1-3H3;3,6H,1-2H3;/q-1;;/b;4-3-;. The van der Waals surface area contributed by atoms with Crippen LogP contribution in [0.1, 0.15) is 13.8 Å². The molecular formula is C23H26IrNO2Si-. The molecule has 0 saturated carbocycles. The number of allylic oxidation sites excluding steroid dienone is 2. The average Bonchev–Trinajstić information content (AvgIpc) is 2.60. The zero-order chi connectivity index (χ0) is 20.0. The summed E-state index contributed by atoms with van der Waals surface area (Å²) < 4.78 is 0. The molecular weight excluding hydrogens is 543 g/mol. The number of fused-ring (bicyclic) bond motifs is 1. The Morgan fingerprint density at radius 2 is 1.79 bits per heavy atom. The molecule has 5 heteroatoms. The van der Waals surface area contributed by atoms with Crippen LogP contribution in [0.15, 0.2) is 66.4 Å². The molecule has 1 N–H and O–H groups in total. The van der Waals surface area contributed by atoms with Gasteiger partial charge < -0.3 is 5.11 Å². The van der Waals surface area contributed by atoms with Gasteiger partial charge in [0.05, 0.1) is 19.3 Å². The van der Waals surface area contributed by atoms with E-state index >= 15 is 0 Å². The Hall–Kier alpha value is -2.07. The molecule has 0 aliphatic heterocycles. The minimum atomic E-state index is -1.26. The molecule has 0 fully saturated rings. The van der Waals surface area contributed by atoms with Crippen molar-refractivity contribution < 1.29 is 30.0 Å². The Labute approximate surface area is 181 Å². The second kappa shape index (κ2) is 10.5. The van der Waals surface area contributed by atoms with Crippen LogP contribution in [-0.2, 0) is 24.9 Å². The van der Waals surface area contributed by atoms with Crippen molar-refractivity contribution in [3.05, 3.63) is 72.5 Å². The second-order valence-corrected chi connectivity index (χ2v) is 12.6. The first-order chi connectivity index (χ1) is 12.7. The third kappa shape index (κ3) is 7.15. The third-order valence-corrected chi connectivity index (χ3v) is 6.00. The summed E-state index contributed by atoms with van der Waals surface area (Å²) >= 11 is 0. The number of benzene rings is 2. The molecule has 3 nitrogen and oxygen atoms in total. The Kier molecular flexibility index (Phi) is 8.96. The van der Waals surface area contributed by atoms with Gasteiger partial charge in [-0.25, -0.2) is 0 Å². The number of aliphatic hydroxyl groups is 1. The van der Waals surface area contributed by atoms with E-state index < -0.39 is 8.07 Å². The number of carbonyl (C=O) groups excluding carboxylic acids is 1. The Morgan fingerprint density at radius 1 is 1.07 bits per heavy atom. The number of ketones is 1. The summed E-state index contributed by atoms with van der Waals surface area (Å²) in [6.07, 6.45) is 1.17. The minimum Gasteiger partial charge on any atom is -0.512 e. The van der Waals surface area contributed by atoms with Crippen LogP contribution < -0.4 is 5.19 Å². The molecule has 0 unspecified atom stereocenters. The quantitative estimate of drug-likeness (QED) is 0.202. The van der Waals surface area contributed by atoms with Crippen LogP contribution >= 0.6 is 0 Å². The molecule has 0 bridgehead atoms. The molecule has 0 spiro atoms. The number of aromatic nitrogens is 1. The summed E-state index contributed by atoms with van der Waals surface area (Å²) in [5, 5.41) is 11.1. The maximum Gasteiger partial charge on any atom is 0.155 e. The fourth-order valence-electron chi connectivity index (χ4n) is 2.59. The molecule has 3 rings (SSSR count). The average molecular weight is 569 g/mol. The monoisotopic (exact) mass is 569 g/mol. The van der Waals surface area contributed by atoms with Crippen molar-refractivity contribution in [3.63, 3.8) is 0 Å². The molecule has 0 amide bonds. The molecule has 0 atom stereocenters. The van der Waals surface area contributed by atoms with E-state index in [-0.39, 0.29) is 31.6 Å². The van der Waals surface area contributed by atoms with Gasteiger partial charge in [0.1, 0.15) is 0 Å². The van der Waals surface area contributed by atoms with Gasteiger partial charge in [-0.2, -0.15) is 0 Å². The van der Waals surface area contributed by atoms with Crippen LogP contribution in [0, 0.1) is 6.07 Å². The Morgan fingerprint density at radius 3 is 2.29 bits per heavy atom. The van der Waals surface area contributed by atoms with Gasteiger partial charge >= 0.3 is 0 Å². The van der Waals surface area contributed by atoms with Crippen LogP contribution in [0.3, 0.4) is 0 Å². The molecule has 3 aromatic rings. The normalized spacial score (nSPS) is 11.2. The van der Waals surface area contributed by atoms with E-state index in [2.05, 4.69) is 56.0 Å². The fraction of sp³-hybridized carbons (Fsp3) is 0.217. The molecule has 0 aliphatic carbocycles. The first kappa shape index (κ1) is 24.0. The van der Waals surface area contributed by atoms with E-state index in [9.17, 15) is 4.79 Å². The maximum atomic E-state index is 10.0. The SMILES string of the molecule is CC(=O)/C=C(/C)O.C[Si](C)(C)c1ccc2nc(-c3[c-]cccc3)ccc2c1.[Ir]. The molecule has 149 valence electrons. The number of hydrogen-bond donors (Lipinski definition) is 1. The van der Waals surface area contributed by atoms with Gasteiger partial charge in [-0.15, -0.1) is 35.9 Å². The smallest absolute Gasteiger partial charge is 0.155 e. The first-order valence-corrected chi connectivity index (χ1v) is 12.4. The van der Waals surface area contributed by atoms with Gasteiger partial charge in [0.15, 0.2) is 5.78 Å². The number of hydrogen-bond acceptors (Lipinski definition) is 3. The summed E-state index contributed by atoms with van der Waals surface area (Å²) in [4.78, 5) is 14.8. The van der Waals surface area contributed by atoms with Crippen molar-refractivity contribution in [3.8, 4) is 11.3 Å². The van der Waals surface area contributed by atoms with Gasteiger partial charge in [0.25, 0.3) is 0 Å². The molecule has 2 aromatic carbocycles. The van der Waals surface area contributed by atoms with Crippen molar-refractivity contribution in [2.75, 3.05) is 0 Å². The van der Waals surface area contributed by atoms with Crippen LogP contribution in [0.4, 0.5) is 0 Å². The van der Waals surface area contributed by atoms with Crippen LogP contribution in [0.5, 0.6) is 0 Å². The topological polar surface area (TPSA) is 50.2 Å². The molecule has 1 heterocycles. The zero-order valence-corrected chi connectivity index (χ0v) is 20.3. The number of carbonyl (C=O) groups is 1. The van der Waals surface area contributed by atoms with E-state index in [1.807, 2.05) is 24.3 Å². The van der Waals surface area contributed by atoms with Crippen LogP contribution in [0.2, 0.25) is 19.6 Å². The molecule has 0 aliphatic rings.